The highest BCUT2D eigenvalue weighted by Gasteiger charge is 2.10. The quantitative estimate of drug-likeness (QED) is 0.655. The van der Waals surface area contributed by atoms with E-state index in [1.165, 1.54) is 11.8 Å². The summed E-state index contributed by atoms with van der Waals surface area (Å²) in [6.07, 6.45) is 3.04. The standard InChI is InChI=1S/C22H24N4O/c1-14(2)17-6-8-18(9-7-17)25-21-13-23-20(12-24-21)22(27)26-19-10-5-15(3)11-16(19)4/h5-14H,1-4H3,(H,24,25)(H,26,27). The molecule has 0 spiro atoms. The van der Waals surface area contributed by atoms with Crippen LogP contribution in [0.5, 0.6) is 0 Å². The summed E-state index contributed by atoms with van der Waals surface area (Å²) in [5.41, 5.74) is 5.43. The Labute approximate surface area is 159 Å². The van der Waals surface area contributed by atoms with Crippen molar-refractivity contribution >= 4 is 23.1 Å². The Kier molecular flexibility index (Phi) is 5.50. The first kappa shape index (κ1) is 18.6. The van der Waals surface area contributed by atoms with Gasteiger partial charge in [0.2, 0.25) is 0 Å². The van der Waals surface area contributed by atoms with Gasteiger partial charge in [0, 0.05) is 11.4 Å². The molecular formula is C22H24N4O. The van der Waals surface area contributed by atoms with Crippen molar-refractivity contribution in [2.45, 2.75) is 33.6 Å². The second kappa shape index (κ2) is 7.99. The lowest BCUT2D eigenvalue weighted by atomic mass is 10.0. The van der Waals surface area contributed by atoms with Crippen LogP contribution in [0.1, 0.15) is 46.9 Å². The number of amides is 1. The molecule has 0 saturated carbocycles. The first-order chi connectivity index (χ1) is 12.9. The van der Waals surface area contributed by atoms with E-state index in [1.54, 1.807) is 6.20 Å². The van der Waals surface area contributed by atoms with Gasteiger partial charge in [0.15, 0.2) is 0 Å². The SMILES string of the molecule is Cc1ccc(NC(=O)c2cnc(Nc3ccc(C(C)C)cc3)cn2)c(C)c1. The van der Waals surface area contributed by atoms with Crippen LogP contribution in [0.25, 0.3) is 0 Å². The summed E-state index contributed by atoms with van der Waals surface area (Å²) >= 11 is 0. The molecule has 1 heterocycles. The number of nitrogens with one attached hydrogen (secondary N) is 2. The van der Waals surface area contributed by atoms with Crippen LogP contribution in [-0.4, -0.2) is 15.9 Å². The molecule has 5 heteroatoms. The number of carbonyl (C=O) groups is 1. The molecule has 0 atom stereocenters. The minimum absolute atomic E-state index is 0.274. The molecule has 0 unspecified atom stereocenters. The van der Waals surface area contributed by atoms with Crippen LogP contribution in [0.15, 0.2) is 54.9 Å². The molecule has 0 aliphatic heterocycles. The van der Waals surface area contributed by atoms with E-state index >= 15 is 0 Å². The van der Waals surface area contributed by atoms with Crippen molar-refractivity contribution in [1.82, 2.24) is 9.97 Å². The van der Waals surface area contributed by atoms with E-state index in [0.717, 1.165) is 22.5 Å². The van der Waals surface area contributed by atoms with E-state index in [1.807, 2.05) is 44.2 Å². The molecule has 3 rings (SSSR count). The number of rotatable bonds is 5. The van der Waals surface area contributed by atoms with Gasteiger partial charge >= 0.3 is 0 Å². The van der Waals surface area contributed by atoms with Gasteiger partial charge in [0.1, 0.15) is 11.5 Å². The molecule has 1 amide bonds. The summed E-state index contributed by atoms with van der Waals surface area (Å²) in [5.74, 6) is 0.812. The van der Waals surface area contributed by atoms with Crippen molar-refractivity contribution in [1.29, 1.82) is 0 Å². The molecule has 3 aromatic rings. The van der Waals surface area contributed by atoms with Crippen molar-refractivity contribution in [2.75, 3.05) is 10.6 Å². The molecule has 27 heavy (non-hydrogen) atoms. The molecule has 2 N–H and O–H groups in total. The summed E-state index contributed by atoms with van der Waals surface area (Å²) in [4.78, 5) is 20.9. The fraction of sp³-hybridized carbons (Fsp3) is 0.227. The third kappa shape index (κ3) is 4.70. The van der Waals surface area contributed by atoms with Crippen LogP contribution in [-0.2, 0) is 0 Å². The molecule has 0 saturated heterocycles. The number of benzene rings is 2. The monoisotopic (exact) mass is 360 g/mol. The van der Waals surface area contributed by atoms with Gasteiger partial charge in [-0.15, -0.1) is 0 Å². The largest absolute Gasteiger partial charge is 0.339 e. The van der Waals surface area contributed by atoms with Gasteiger partial charge in [-0.05, 0) is 49.1 Å². The molecule has 0 radical (unpaired) electrons. The maximum Gasteiger partial charge on any atom is 0.275 e. The van der Waals surface area contributed by atoms with Crippen LogP contribution in [0.4, 0.5) is 17.2 Å². The van der Waals surface area contributed by atoms with Crippen molar-refractivity contribution < 1.29 is 4.79 Å². The molecule has 0 aliphatic carbocycles. The number of anilines is 3. The topological polar surface area (TPSA) is 66.9 Å². The maximum absolute atomic E-state index is 12.4. The molecule has 138 valence electrons. The van der Waals surface area contributed by atoms with E-state index in [-0.39, 0.29) is 11.6 Å². The predicted octanol–water partition coefficient (Wildman–Crippen LogP) is 5.21. The lowest BCUT2D eigenvalue weighted by molar-refractivity contribution is 0.102. The lowest BCUT2D eigenvalue weighted by Crippen LogP contribution is -2.15. The first-order valence-corrected chi connectivity index (χ1v) is 9.00. The van der Waals surface area contributed by atoms with Crippen LogP contribution >= 0.6 is 0 Å². The summed E-state index contributed by atoms with van der Waals surface area (Å²) in [6, 6.07) is 14.1. The molecule has 2 aromatic carbocycles. The van der Waals surface area contributed by atoms with Gasteiger partial charge in [-0.2, -0.15) is 0 Å². The van der Waals surface area contributed by atoms with Crippen LogP contribution in [0, 0.1) is 13.8 Å². The van der Waals surface area contributed by atoms with Crippen molar-refractivity contribution in [3.05, 3.63) is 77.2 Å². The summed E-state index contributed by atoms with van der Waals surface area (Å²) in [5, 5.41) is 6.07. The molecular weight excluding hydrogens is 336 g/mol. The molecule has 1 aromatic heterocycles. The fourth-order valence-electron chi connectivity index (χ4n) is 2.75. The Morgan fingerprint density at radius 3 is 2.30 bits per heavy atom. The van der Waals surface area contributed by atoms with E-state index in [2.05, 4.69) is 46.6 Å². The Balaban J connectivity index is 1.66. The van der Waals surface area contributed by atoms with Crippen LogP contribution in [0.2, 0.25) is 0 Å². The lowest BCUT2D eigenvalue weighted by Gasteiger charge is -2.10. The van der Waals surface area contributed by atoms with Crippen molar-refractivity contribution in [3.8, 4) is 0 Å². The Morgan fingerprint density at radius 1 is 0.963 bits per heavy atom. The van der Waals surface area contributed by atoms with Crippen LogP contribution in [0.3, 0.4) is 0 Å². The second-order valence-electron chi connectivity index (χ2n) is 6.96. The normalized spacial score (nSPS) is 10.7. The van der Waals surface area contributed by atoms with Gasteiger partial charge in [0.05, 0.1) is 12.4 Å². The maximum atomic E-state index is 12.4. The summed E-state index contributed by atoms with van der Waals surface area (Å²) in [6.45, 7) is 8.31. The van der Waals surface area contributed by atoms with Crippen LogP contribution < -0.4 is 10.6 Å². The Hall–Kier alpha value is -3.21. The molecule has 0 bridgehead atoms. The third-order valence-corrected chi connectivity index (χ3v) is 4.36. The number of carbonyl (C=O) groups excluding carboxylic acids is 1. The highest BCUT2D eigenvalue weighted by atomic mass is 16.1. The average Bonchev–Trinajstić information content (AvgIpc) is 2.65. The van der Waals surface area contributed by atoms with Gasteiger partial charge in [-0.1, -0.05) is 43.7 Å². The zero-order valence-corrected chi connectivity index (χ0v) is 16.1. The fourth-order valence-corrected chi connectivity index (χ4v) is 2.75. The predicted molar refractivity (Wildman–Crippen MR) is 110 cm³/mol. The van der Waals surface area contributed by atoms with Crippen molar-refractivity contribution in [3.63, 3.8) is 0 Å². The molecule has 5 nitrogen and oxygen atoms in total. The number of nitrogens with zero attached hydrogens (tertiary/aromatic N) is 2. The Bertz CT molecular complexity index is 932. The Morgan fingerprint density at radius 2 is 1.70 bits per heavy atom. The average molecular weight is 360 g/mol. The third-order valence-electron chi connectivity index (χ3n) is 4.36. The number of hydrogen-bond donors (Lipinski definition) is 2. The number of hydrogen-bond acceptors (Lipinski definition) is 4. The van der Waals surface area contributed by atoms with E-state index < -0.39 is 0 Å². The first-order valence-electron chi connectivity index (χ1n) is 9.00. The van der Waals surface area contributed by atoms with Gasteiger partial charge in [-0.25, -0.2) is 9.97 Å². The minimum atomic E-state index is -0.276. The second-order valence-corrected chi connectivity index (χ2v) is 6.96. The number of aromatic nitrogens is 2. The highest BCUT2D eigenvalue weighted by Crippen LogP contribution is 2.20. The van der Waals surface area contributed by atoms with Gasteiger partial charge in [-0.3, -0.25) is 4.79 Å². The van der Waals surface area contributed by atoms with Crippen molar-refractivity contribution in [2.24, 2.45) is 0 Å². The highest BCUT2D eigenvalue weighted by molar-refractivity contribution is 6.03. The van der Waals surface area contributed by atoms with E-state index in [4.69, 9.17) is 0 Å². The number of aryl methyl sites for hydroxylation is 2. The van der Waals surface area contributed by atoms with E-state index in [0.29, 0.717) is 11.7 Å². The zero-order valence-electron chi connectivity index (χ0n) is 16.1. The molecule has 0 fully saturated rings. The minimum Gasteiger partial charge on any atom is -0.339 e. The van der Waals surface area contributed by atoms with Gasteiger partial charge < -0.3 is 10.6 Å². The zero-order chi connectivity index (χ0) is 19.4. The van der Waals surface area contributed by atoms with E-state index in [9.17, 15) is 4.79 Å². The summed E-state index contributed by atoms with van der Waals surface area (Å²) in [7, 11) is 0. The summed E-state index contributed by atoms with van der Waals surface area (Å²) < 4.78 is 0. The smallest absolute Gasteiger partial charge is 0.275 e. The molecule has 0 aliphatic rings. The van der Waals surface area contributed by atoms with Gasteiger partial charge in [0.25, 0.3) is 5.91 Å².